The van der Waals surface area contributed by atoms with E-state index < -0.39 is 55.5 Å². The smallest absolute Gasteiger partial charge is 0.192 e. The molecule has 6 N–H and O–H groups in total. The molecule has 5 unspecified atom stereocenters. The van der Waals surface area contributed by atoms with E-state index in [1.807, 2.05) is 0 Å². The summed E-state index contributed by atoms with van der Waals surface area (Å²) in [5.41, 5.74) is 0.271. The molecule has 0 aromatic heterocycles. The molecule has 0 spiro atoms. The lowest BCUT2D eigenvalue weighted by Crippen LogP contribution is -2.59. The number of hydrogen-bond donors (Lipinski definition) is 6. The number of Topliss-reactive ketones (excluding diaryl/α,β-unsaturated/α-hetero) is 1. The zero-order valence-electron chi connectivity index (χ0n) is 12.9. The highest BCUT2D eigenvalue weighted by molar-refractivity contribution is 6.01. The second-order valence-corrected chi connectivity index (χ2v) is 5.59. The number of aromatic hydroxyl groups is 2. The van der Waals surface area contributed by atoms with Crippen LogP contribution >= 0.6 is 0 Å². The number of ketones is 1. The van der Waals surface area contributed by atoms with Crippen LogP contribution in [0.15, 0.2) is 12.1 Å². The fourth-order valence-electron chi connectivity index (χ4n) is 2.55. The van der Waals surface area contributed by atoms with Crippen molar-refractivity contribution in [2.45, 2.75) is 37.6 Å². The molecule has 1 heterocycles. The standard InChI is InChI=1S/C15H20O9/c1-6-2-7(17)3-8(18)11(6)9(19)5-23-15-14(22)13(21)12(20)10(4-16)24-15/h2-3,10,12-18,20-22H,4-5H2,1H3. The summed E-state index contributed by atoms with van der Waals surface area (Å²) in [6.07, 6.45) is -7.34. The molecule has 9 nitrogen and oxygen atoms in total. The van der Waals surface area contributed by atoms with E-state index in [9.17, 15) is 30.3 Å². The molecule has 0 amide bonds. The maximum atomic E-state index is 12.2. The molecule has 1 aromatic carbocycles. The molecular weight excluding hydrogens is 324 g/mol. The van der Waals surface area contributed by atoms with Crippen LogP contribution < -0.4 is 0 Å². The lowest BCUT2D eigenvalue weighted by molar-refractivity contribution is -0.298. The van der Waals surface area contributed by atoms with E-state index in [-0.39, 0.29) is 11.3 Å². The summed E-state index contributed by atoms with van der Waals surface area (Å²) in [4.78, 5) is 12.2. The number of aryl methyl sites for hydroxylation is 1. The minimum atomic E-state index is -1.62. The van der Waals surface area contributed by atoms with Gasteiger partial charge in [0.2, 0.25) is 0 Å². The summed E-state index contributed by atoms with van der Waals surface area (Å²) < 4.78 is 10.2. The van der Waals surface area contributed by atoms with Gasteiger partial charge in [-0.2, -0.15) is 0 Å². The van der Waals surface area contributed by atoms with Gasteiger partial charge >= 0.3 is 0 Å². The van der Waals surface area contributed by atoms with Gasteiger partial charge in [0.15, 0.2) is 12.1 Å². The van der Waals surface area contributed by atoms with Crippen LogP contribution in [0.2, 0.25) is 0 Å². The maximum Gasteiger partial charge on any atom is 0.192 e. The summed E-state index contributed by atoms with van der Waals surface area (Å²) in [6, 6.07) is 2.30. The molecule has 0 radical (unpaired) electrons. The molecule has 0 aliphatic carbocycles. The molecule has 2 rings (SSSR count). The molecule has 134 valence electrons. The lowest BCUT2D eigenvalue weighted by atomic mass is 9.99. The van der Waals surface area contributed by atoms with Crippen LogP contribution in [0.5, 0.6) is 11.5 Å². The second-order valence-electron chi connectivity index (χ2n) is 5.59. The van der Waals surface area contributed by atoms with E-state index in [0.29, 0.717) is 5.56 Å². The Morgan fingerprint density at radius 2 is 1.83 bits per heavy atom. The number of aliphatic hydroxyl groups excluding tert-OH is 4. The molecular formula is C15H20O9. The Hall–Kier alpha value is -1.75. The maximum absolute atomic E-state index is 12.2. The molecule has 0 saturated carbocycles. The van der Waals surface area contributed by atoms with Crippen molar-refractivity contribution in [3.8, 4) is 11.5 Å². The van der Waals surface area contributed by atoms with Gasteiger partial charge in [-0.25, -0.2) is 0 Å². The number of aliphatic hydroxyl groups is 4. The minimum absolute atomic E-state index is 0.0580. The minimum Gasteiger partial charge on any atom is -0.508 e. The quantitative estimate of drug-likeness (QED) is 0.346. The summed E-state index contributed by atoms with van der Waals surface area (Å²) in [7, 11) is 0. The van der Waals surface area contributed by atoms with Crippen molar-refractivity contribution >= 4 is 5.78 Å². The molecule has 1 fully saturated rings. The number of ether oxygens (including phenoxy) is 2. The van der Waals surface area contributed by atoms with Crippen molar-refractivity contribution in [1.82, 2.24) is 0 Å². The first-order valence-corrected chi connectivity index (χ1v) is 7.24. The second kappa shape index (κ2) is 7.43. The molecule has 1 saturated heterocycles. The Balaban J connectivity index is 2.06. The van der Waals surface area contributed by atoms with E-state index >= 15 is 0 Å². The largest absolute Gasteiger partial charge is 0.508 e. The topological polar surface area (TPSA) is 157 Å². The number of rotatable bonds is 5. The van der Waals surface area contributed by atoms with E-state index in [1.165, 1.54) is 13.0 Å². The first-order valence-electron chi connectivity index (χ1n) is 7.24. The predicted molar refractivity (Wildman–Crippen MR) is 78.6 cm³/mol. The van der Waals surface area contributed by atoms with Crippen molar-refractivity contribution in [3.63, 3.8) is 0 Å². The highest BCUT2D eigenvalue weighted by Crippen LogP contribution is 2.28. The van der Waals surface area contributed by atoms with E-state index in [2.05, 4.69) is 0 Å². The van der Waals surface area contributed by atoms with Gasteiger partial charge < -0.3 is 40.1 Å². The Kier molecular flexibility index (Phi) is 5.75. The van der Waals surface area contributed by atoms with E-state index in [1.54, 1.807) is 0 Å². The lowest BCUT2D eigenvalue weighted by Gasteiger charge is -2.39. The summed E-state index contributed by atoms with van der Waals surface area (Å²) in [6.45, 7) is 0.305. The zero-order valence-corrected chi connectivity index (χ0v) is 12.9. The van der Waals surface area contributed by atoms with Crippen molar-refractivity contribution in [2.75, 3.05) is 13.2 Å². The fraction of sp³-hybridized carbons (Fsp3) is 0.533. The molecule has 1 aliphatic heterocycles. The Morgan fingerprint density at radius 1 is 1.17 bits per heavy atom. The Bertz CT molecular complexity index is 578. The molecule has 0 bridgehead atoms. The molecule has 9 heteroatoms. The number of carbonyl (C=O) groups excluding carboxylic acids is 1. The van der Waals surface area contributed by atoms with Gasteiger partial charge in [0.1, 0.15) is 42.5 Å². The summed E-state index contributed by atoms with van der Waals surface area (Å²) in [5, 5.41) is 57.3. The number of phenolic OH excluding ortho intramolecular Hbond substituents is 2. The average Bonchev–Trinajstić information content (AvgIpc) is 2.51. The summed E-state index contributed by atoms with van der Waals surface area (Å²) in [5.74, 6) is -1.26. The number of phenols is 2. The van der Waals surface area contributed by atoms with E-state index in [4.69, 9.17) is 14.6 Å². The van der Waals surface area contributed by atoms with Crippen molar-refractivity contribution in [1.29, 1.82) is 0 Å². The highest BCUT2D eigenvalue weighted by Gasteiger charge is 2.44. The van der Waals surface area contributed by atoms with Crippen LogP contribution in [0.3, 0.4) is 0 Å². The van der Waals surface area contributed by atoms with Gasteiger partial charge in [-0.05, 0) is 18.6 Å². The first-order chi connectivity index (χ1) is 11.3. The molecule has 5 atom stereocenters. The van der Waals surface area contributed by atoms with Gasteiger partial charge in [-0.3, -0.25) is 4.79 Å². The highest BCUT2D eigenvalue weighted by atomic mass is 16.7. The van der Waals surface area contributed by atoms with Gasteiger partial charge in [-0.1, -0.05) is 0 Å². The van der Waals surface area contributed by atoms with Crippen LogP contribution in [0.25, 0.3) is 0 Å². The Morgan fingerprint density at radius 3 is 2.42 bits per heavy atom. The number of benzene rings is 1. The third kappa shape index (κ3) is 3.66. The number of carbonyl (C=O) groups is 1. The van der Waals surface area contributed by atoms with Crippen LogP contribution in [0, 0.1) is 6.92 Å². The number of hydrogen-bond acceptors (Lipinski definition) is 9. The normalized spacial score (nSPS) is 30.3. The molecule has 1 aliphatic rings. The van der Waals surface area contributed by atoms with Crippen molar-refractivity contribution in [3.05, 3.63) is 23.3 Å². The molecule has 24 heavy (non-hydrogen) atoms. The van der Waals surface area contributed by atoms with Crippen molar-refractivity contribution in [2.24, 2.45) is 0 Å². The Labute approximate surface area is 137 Å². The predicted octanol–water partition coefficient (Wildman–Crippen LogP) is -1.59. The van der Waals surface area contributed by atoms with Gasteiger partial charge in [0, 0.05) is 6.07 Å². The third-order valence-corrected chi connectivity index (χ3v) is 3.81. The zero-order chi connectivity index (χ0) is 18.0. The average molecular weight is 344 g/mol. The fourth-order valence-corrected chi connectivity index (χ4v) is 2.55. The van der Waals surface area contributed by atoms with Gasteiger partial charge in [0.25, 0.3) is 0 Å². The van der Waals surface area contributed by atoms with E-state index in [0.717, 1.165) is 6.07 Å². The third-order valence-electron chi connectivity index (χ3n) is 3.81. The molecule has 1 aromatic rings. The first kappa shape index (κ1) is 18.6. The van der Waals surface area contributed by atoms with Crippen molar-refractivity contribution < 1.29 is 44.9 Å². The van der Waals surface area contributed by atoms with Crippen LogP contribution in [-0.2, 0) is 9.47 Å². The summed E-state index contributed by atoms with van der Waals surface area (Å²) >= 11 is 0. The van der Waals surface area contributed by atoms with Crippen LogP contribution in [0.1, 0.15) is 15.9 Å². The SMILES string of the molecule is Cc1cc(O)cc(O)c1C(=O)COC1OC(CO)C(O)C(O)C1O. The monoisotopic (exact) mass is 344 g/mol. The van der Waals surface area contributed by atoms with Gasteiger partial charge in [0.05, 0.1) is 12.2 Å². The van der Waals surface area contributed by atoms with Gasteiger partial charge in [-0.15, -0.1) is 0 Å². The van der Waals surface area contributed by atoms with Crippen LogP contribution in [0.4, 0.5) is 0 Å². The van der Waals surface area contributed by atoms with Crippen LogP contribution in [-0.4, -0.2) is 80.3 Å².